The van der Waals surface area contributed by atoms with Crippen molar-refractivity contribution < 1.29 is 4.74 Å². The molecule has 1 fully saturated rings. The highest BCUT2D eigenvalue weighted by Crippen LogP contribution is 2.40. The summed E-state index contributed by atoms with van der Waals surface area (Å²) in [5.74, 6) is 1.85. The van der Waals surface area contributed by atoms with Gasteiger partial charge in [-0.2, -0.15) is 0 Å². The van der Waals surface area contributed by atoms with Crippen LogP contribution in [0.25, 0.3) is 11.0 Å². The van der Waals surface area contributed by atoms with E-state index in [1.165, 1.54) is 30.6 Å². The highest BCUT2D eigenvalue weighted by molar-refractivity contribution is 5.79. The largest absolute Gasteiger partial charge is 0.399 e. The third-order valence-corrected chi connectivity index (χ3v) is 3.85. The summed E-state index contributed by atoms with van der Waals surface area (Å²) in [5, 5.41) is 0. The molecule has 3 rings (SSSR count). The molecule has 0 atom stereocenters. The molecule has 108 valence electrons. The van der Waals surface area contributed by atoms with Gasteiger partial charge in [0, 0.05) is 24.8 Å². The van der Waals surface area contributed by atoms with Crippen molar-refractivity contribution in [3.8, 4) is 0 Å². The van der Waals surface area contributed by atoms with Gasteiger partial charge in [-0.05, 0) is 37.5 Å². The highest BCUT2D eigenvalue weighted by Gasteiger charge is 2.29. The fraction of sp³-hybridized carbons (Fsp3) is 0.562. The van der Waals surface area contributed by atoms with Crippen molar-refractivity contribution in [1.82, 2.24) is 9.55 Å². The second kappa shape index (κ2) is 5.83. The van der Waals surface area contributed by atoms with Crippen molar-refractivity contribution in [3.05, 3.63) is 24.0 Å². The second-order valence-corrected chi connectivity index (χ2v) is 5.61. The number of fused-ring (bicyclic) bond motifs is 1. The summed E-state index contributed by atoms with van der Waals surface area (Å²) in [6.07, 6.45) is 4.84. The van der Waals surface area contributed by atoms with Gasteiger partial charge in [-0.3, -0.25) is 0 Å². The molecule has 2 aromatic rings. The Labute approximate surface area is 119 Å². The van der Waals surface area contributed by atoms with Crippen LogP contribution in [-0.2, 0) is 11.3 Å². The normalized spacial score (nSPS) is 15.1. The minimum absolute atomic E-state index is 0.638. The van der Waals surface area contributed by atoms with Crippen LogP contribution < -0.4 is 5.73 Å². The lowest BCUT2D eigenvalue weighted by Crippen LogP contribution is -2.09. The van der Waals surface area contributed by atoms with Crippen LogP contribution >= 0.6 is 0 Å². The number of aromatic nitrogens is 2. The predicted octanol–water partition coefficient (Wildman–Crippen LogP) is 3.31. The summed E-state index contributed by atoms with van der Waals surface area (Å²) in [6.45, 7) is 4.68. The minimum atomic E-state index is 0.638. The Hall–Kier alpha value is -1.55. The highest BCUT2D eigenvalue weighted by atomic mass is 16.5. The van der Waals surface area contributed by atoms with E-state index in [1.54, 1.807) is 0 Å². The molecule has 20 heavy (non-hydrogen) atoms. The molecule has 1 aromatic heterocycles. The molecule has 0 bridgehead atoms. The number of ether oxygens (including phenoxy) is 1. The smallest absolute Gasteiger partial charge is 0.113 e. The average molecular weight is 273 g/mol. The van der Waals surface area contributed by atoms with Crippen LogP contribution in [0.5, 0.6) is 0 Å². The van der Waals surface area contributed by atoms with Gasteiger partial charge in [0.25, 0.3) is 0 Å². The molecule has 0 aliphatic heterocycles. The minimum Gasteiger partial charge on any atom is -0.399 e. The van der Waals surface area contributed by atoms with Crippen LogP contribution in [0.15, 0.2) is 18.2 Å². The zero-order chi connectivity index (χ0) is 13.9. The van der Waals surface area contributed by atoms with Crippen LogP contribution in [0.1, 0.15) is 44.3 Å². The van der Waals surface area contributed by atoms with Gasteiger partial charge in [-0.15, -0.1) is 0 Å². The lowest BCUT2D eigenvalue weighted by Gasteiger charge is -2.09. The van der Waals surface area contributed by atoms with Gasteiger partial charge in [0.15, 0.2) is 0 Å². The zero-order valence-corrected chi connectivity index (χ0v) is 12.1. The maximum atomic E-state index is 5.86. The van der Waals surface area contributed by atoms with Gasteiger partial charge in [0.2, 0.25) is 0 Å². The van der Waals surface area contributed by atoms with E-state index in [9.17, 15) is 0 Å². The Morgan fingerprint density at radius 1 is 1.35 bits per heavy atom. The number of imidazole rings is 1. The average Bonchev–Trinajstić information content (AvgIpc) is 3.22. The molecule has 1 aliphatic rings. The van der Waals surface area contributed by atoms with Crippen molar-refractivity contribution in [2.24, 2.45) is 0 Å². The quantitative estimate of drug-likeness (QED) is 0.622. The molecule has 0 spiro atoms. The van der Waals surface area contributed by atoms with E-state index in [4.69, 9.17) is 15.5 Å². The molecule has 4 nitrogen and oxygen atoms in total. The predicted molar refractivity (Wildman–Crippen MR) is 81.8 cm³/mol. The Morgan fingerprint density at radius 3 is 2.95 bits per heavy atom. The summed E-state index contributed by atoms with van der Waals surface area (Å²) in [4.78, 5) is 4.78. The molecule has 1 aromatic carbocycles. The number of rotatable bonds is 7. The van der Waals surface area contributed by atoms with Gasteiger partial charge < -0.3 is 15.0 Å². The SMILES string of the molecule is CCCCOCCn1c(C2CC2)nc2cc(N)ccc21. The summed E-state index contributed by atoms with van der Waals surface area (Å²) in [6, 6.07) is 6.00. The topological polar surface area (TPSA) is 53.1 Å². The van der Waals surface area contributed by atoms with Crippen molar-refractivity contribution in [3.63, 3.8) is 0 Å². The van der Waals surface area contributed by atoms with E-state index in [-0.39, 0.29) is 0 Å². The first-order chi connectivity index (χ1) is 9.79. The number of benzene rings is 1. The first kappa shape index (κ1) is 13.4. The van der Waals surface area contributed by atoms with Crippen LogP contribution in [-0.4, -0.2) is 22.8 Å². The van der Waals surface area contributed by atoms with Crippen molar-refractivity contribution in [2.75, 3.05) is 18.9 Å². The monoisotopic (exact) mass is 273 g/mol. The number of nitrogens with zero attached hydrogens (tertiary/aromatic N) is 2. The number of hydrogen-bond donors (Lipinski definition) is 1. The Morgan fingerprint density at radius 2 is 2.20 bits per heavy atom. The molecule has 1 aliphatic carbocycles. The third-order valence-electron chi connectivity index (χ3n) is 3.85. The molecule has 0 saturated heterocycles. The van der Waals surface area contributed by atoms with Crippen molar-refractivity contribution in [2.45, 2.75) is 45.1 Å². The van der Waals surface area contributed by atoms with Crippen LogP contribution in [0, 0.1) is 0 Å². The number of nitrogen functional groups attached to an aromatic ring is 1. The van der Waals surface area contributed by atoms with E-state index in [2.05, 4.69) is 17.6 Å². The van der Waals surface area contributed by atoms with Crippen LogP contribution in [0.3, 0.4) is 0 Å². The summed E-state index contributed by atoms with van der Waals surface area (Å²) in [7, 11) is 0. The molecular formula is C16H23N3O. The van der Waals surface area contributed by atoms with E-state index < -0.39 is 0 Å². The summed E-state index contributed by atoms with van der Waals surface area (Å²) >= 11 is 0. The molecule has 0 unspecified atom stereocenters. The molecule has 1 heterocycles. The lowest BCUT2D eigenvalue weighted by molar-refractivity contribution is 0.123. The zero-order valence-electron chi connectivity index (χ0n) is 12.1. The number of hydrogen-bond acceptors (Lipinski definition) is 3. The van der Waals surface area contributed by atoms with E-state index in [1.807, 2.05) is 12.1 Å². The van der Waals surface area contributed by atoms with Gasteiger partial charge in [0.1, 0.15) is 5.82 Å². The molecule has 4 heteroatoms. The van der Waals surface area contributed by atoms with E-state index in [0.29, 0.717) is 5.92 Å². The summed E-state index contributed by atoms with van der Waals surface area (Å²) in [5.41, 5.74) is 8.83. The van der Waals surface area contributed by atoms with Crippen molar-refractivity contribution >= 4 is 16.7 Å². The fourth-order valence-electron chi connectivity index (χ4n) is 2.56. The second-order valence-electron chi connectivity index (χ2n) is 5.61. The number of nitrogens with two attached hydrogens (primary N) is 1. The standard InChI is InChI=1S/C16H23N3O/c1-2-3-9-20-10-8-19-15-7-6-13(17)11-14(15)18-16(19)12-4-5-12/h6-7,11-12H,2-5,8-10,17H2,1H3. The molecule has 0 radical (unpaired) electrons. The molecule has 0 amide bonds. The molecule has 2 N–H and O–H groups in total. The maximum absolute atomic E-state index is 5.86. The summed E-state index contributed by atoms with van der Waals surface area (Å²) < 4.78 is 8.02. The van der Waals surface area contributed by atoms with Crippen LogP contribution in [0.2, 0.25) is 0 Å². The van der Waals surface area contributed by atoms with Crippen molar-refractivity contribution in [1.29, 1.82) is 0 Å². The lowest BCUT2D eigenvalue weighted by atomic mass is 10.3. The van der Waals surface area contributed by atoms with Gasteiger partial charge in [-0.1, -0.05) is 13.3 Å². The third kappa shape index (κ3) is 2.80. The van der Waals surface area contributed by atoms with Gasteiger partial charge in [-0.25, -0.2) is 4.98 Å². The first-order valence-electron chi connectivity index (χ1n) is 7.63. The Bertz CT molecular complexity index is 587. The number of anilines is 1. The number of unbranched alkanes of at least 4 members (excludes halogenated alkanes) is 1. The maximum Gasteiger partial charge on any atom is 0.113 e. The van der Waals surface area contributed by atoms with E-state index >= 15 is 0 Å². The Balaban J connectivity index is 1.78. The van der Waals surface area contributed by atoms with Crippen LogP contribution in [0.4, 0.5) is 5.69 Å². The fourth-order valence-corrected chi connectivity index (χ4v) is 2.56. The van der Waals surface area contributed by atoms with Gasteiger partial charge >= 0.3 is 0 Å². The first-order valence-corrected chi connectivity index (χ1v) is 7.63. The van der Waals surface area contributed by atoms with E-state index in [0.717, 1.165) is 37.4 Å². The Kier molecular flexibility index (Phi) is 3.92. The molecule has 1 saturated carbocycles. The van der Waals surface area contributed by atoms with Gasteiger partial charge in [0.05, 0.1) is 17.6 Å². The molecular weight excluding hydrogens is 250 g/mol.